The van der Waals surface area contributed by atoms with Crippen LogP contribution in [0, 0.1) is 5.82 Å². The molecule has 3 rings (SSSR count). The molecule has 0 fully saturated rings. The lowest BCUT2D eigenvalue weighted by Gasteiger charge is -2.10. The van der Waals surface area contributed by atoms with E-state index in [2.05, 4.69) is 10.6 Å². The molecular weight excluding hydrogens is 379 g/mol. The lowest BCUT2D eigenvalue weighted by molar-refractivity contribution is -0.116. The van der Waals surface area contributed by atoms with Crippen molar-refractivity contribution in [2.24, 2.45) is 0 Å². The van der Waals surface area contributed by atoms with Gasteiger partial charge in [-0.3, -0.25) is 9.59 Å². The van der Waals surface area contributed by atoms with Crippen LogP contribution >= 0.6 is 11.3 Å². The molecule has 0 radical (unpaired) electrons. The molecule has 144 valence electrons. The fraction of sp³-hybridized carbons (Fsp3) is 0.143. The van der Waals surface area contributed by atoms with Gasteiger partial charge in [-0.25, -0.2) is 4.39 Å². The second-order valence-corrected chi connectivity index (χ2v) is 6.93. The number of carbonyl (C=O) groups excluding carboxylic acids is 2. The lowest BCUT2D eigenvalue weighted by Crippen LogP contribution is -2.27. The molecule has 0 unspecified atom stereocenters. The van der Waals surface area contributed by atoms with E-state index < -0.39 is 0 Å². The van der Waals surface area contributed by atoms with E-state index in [1.807, 2.05) is 5.38 Å². The first kappa shape index (κ1) is 19.6. The van der Waals surface area contributed by atoms with Crippen molar-refractivity contribution in [3.63, 3.8) is 0 Å². The van der Waals surface area contributed by atoms with Gasteiger partial charge in [0.15, 0.2) is 0 Å². The van der Waals surface area contributed by atoms with Crippen LogP contribution in [0.1, 0.15) is 21.7 Å². The molecular formula is C21H19FN2O3S. The predicted octanol–water partition coefficient (Wildman–Crippen LogP) is 4.22. The van der Waals surface area contributed by atoms with Gasteiger partial charge in [0, 0.05) is 24.7 Å². The second kappa shape index (κ2) is 9.66. The third-order valence-electron chi connectivity index (χ3n) is 3.79. The average molecular weight is 398 g/mol. The summed E-state index contributed by atoms with van der Waals surface area (Å²) >= 11 is 1.35. The highest BCUT2D eigenvalue weighted by Crippen LogP contribution is 2.19. The fourth-order valence-corrected chi connectivity index (χ4v) is 3.11. The number of anilines is 1. The minimum Gasteiger partial charge on any atom is -0.489 e. The Hall–Kier alpha value is -3.19. The summed E-state index contributed by atoms with van der Waals surface area (Å²) in [6.45, 7) is 0.474. The summed E-state index contributed by atoms with van der Waals surface area (Å²) in [7, 11) is 0. The first-order valence-corrected chi connectivity index (χ1v) is 9.57. The molecule has 5 nitrogen and oxygen atoms in total. The predicted molar refractivity (Wildman–Crippen MR) is 107 cm³/mol. The average Bonchev–Trinajstić information content (AvgIpc) is 3.22. The zero-order valence-electron chi connectivity index (χ0n) is 15.0. The summed E-state index contributed by atoms with van der Waals surface area (Å²) in [5, 5.41) is 7.31. The summed E-state index contributed by atoms with van der Waals surface area (Å²) in [5.41, 5.74) is 1.31. The molecule has 28 heavy (non-hydrogen) atoms. The number of benzene rings is 2. The Morgan fingerprint density at radius 1 is 1.04 bits per heavy atom. The van der Waals surface area contributed by atoms with Crippen LogP contribution < -0.4 is 15.4 Å². The highest BCUT2D eigenvalue weighted by Gasteiger charge is 2.08. The van der Waals surface area contributed by atoms with Crippen LogP contribution in [0.5, 0.6) is 5.75 Å². The molecule has 2 aromatic carbocycles. The minimum atomic E-state index is -0.312. The third kappa shape index (κ3) is 5.92. The Morgan fingerprint density at radius 2 is 1.89 bits per heavy atom. The summed E-state index contributed by atoms with van der Waals surface area (Å²) < 4.78 is 18.9. The molecule has 3 aromatic rings. The number of ether oxygens (including phenoxy) is 1. The maximum Gasteiger partial charge on any atom is 0.261 e. The number of halogens is 1. The number of hydrogen-bond acceptors (Lipinski definition) is 4. The SMILES string of the molecule is O=C(CCNC(=O)c1cccs1)Nc1cccc(OCc2cccc(F)c2)c1. The quantitative estimate of drug-likeness (QED) is 0.597. The molecule has 0 aliphatic rings. The van der Waals surface area contributed by atoms with Crippen LogP contribution in [0.25, 0.3) is 0 Å². The topological polar surface area (TPSA) is 67.4 Å². The number of hydrogen-bond donors (Lipinski definition) is 2. The van der Waals surface area contributed by atoms with Crippen molar-refractivity contribution in [3.05, 3.63) is 82.3 Å². The molecule has 0 saturated carbocycles. The van der Waals surface area contributed by atoms with Crippen molar-refractivity contribution < 1.29 is 18.7 Å². The Balaban J connectivity index is 1.45. The molecule has 2 amide bonds. The number of rotatable bonds is 8. The molecule has 0 atom stereocenters. The van der Waals surface area contributed by atoms with Crippen LogP contribution in [0.4, 0.5) is 10.1 Å². The summed E-state index contributed by atoms with van der Waals surface area (Å²) in [6.07, 6.45) is 0.158. The van der Waals surface area contributed by atoms with Crippen molar-refractivity contribution in [2.45, 2.75) is 13.0 Å². The van der Waals surface area contributed by atoms with E-state index in [0.717, 1.165) is 5.56 Å². The Bertz CT molecular complexity index is 944. The summed E-state index contributed by atoms with van der Waals surface area (Å²) in [5.74, 6) is -0.148. The Kier molecular flexibility index (Phi) is 6.75. The van der Waals surface area contributed by atoms with E-state index >= 15 is 0 Å². The minimum absolute atomic E-state index is 0.158. The monoisotopic (exact) mass is 398 g/mol. The van der Waals surface area contributed by atoms with E-state index in [4.69, 9.17) is 4.74 Å². The molecule has 0 aliphatic carbocycles. The summed E-state index contributed by atoms with van der Waals surface area (Å²) in [6, 6.07) is 16.7. The van der Waals surface area contributed by atoms with Gasteiger partial charge in [0.2, 0.25) is 5.91 Å². The van der Waals surface area contributed by atoms with Gasteiger partial charge < -0.3 is 15.4 Å². The molecule has 0 spiro atoms. The molecule has 7 heteroatoms. The van der Waals surface area contributed by atoms with Gasteiger partial charge in [-0.1, -0.05) is 24.3 Å². The standard InChI is InChI=1S/C21H19FN2O3S/c22-16-5-1-4-15(12-16)14-27-18-7-2-6-17(13-18)24-20(25)9-10-23-21(26)19-8-3-11-28-19/h1-8,11-13H,9-10,14H2,(H,23,26)(H,24,25). The van der Waals surface area contributed by atoms with Crippen molar-refractivity contribution in [1.29, 1.82) is 0 Å². The van der Waals surface area contributed by atoms with Crippen molar-refractivity contribution >= 4 is 28.8 Å². The second-order valence-electron chi connectivity index (χ2n) is 5.98. The molecule has 0 aliphatic heterocycles. The van der Waals surface area contributed by atoms with E-state index in [1.165, 1.54) is 23.5 Å². The highest BCUT2D eigenvalue weighted by molar-refractivity contribution is 7.12. The molecule has 0 saturated heterocycles. The van der Waals surface area contributed by atoms with Gasteiger partial charge in [-0.2, -0.15) is 0 Å². The highest BCUT2D eigenvalue weighted by atomic mass is 32.1. The number of carbonyl (C=O) groups is 2. The van der Waals surface area contributed by atoms with Crippen LogP contribution in [0.3, 0.4) is 0 Å². The van der Waals surface area contributed by atoms with Gasteiger partial charge in [0.05, 0.1) is 4.88 Å². The van der Waals surface area contributed by atoms with E-state index in [9.17, 15) is 14.0 Å². The zero-order valence-corrected chi connectivity index (χ0v) is 15.8. The van der Waals surface area contributed by atoms with Gasteiger partial charge in [0.1, 0.15) is 18.2 Å². The lowest BCUT2D eigenvalue weighted by atomic mass is 10.2. The molecule has 0 bridgehead atoms. The first-order chi connectivity index (χ1) is 13.6. The zero-order chi connectivity index (χ0) is 19.8. The maximum absolute atomic E-state index is 13.2. The smallest absolute Gasteiger partial charge is 0.261 e. The van der Waals surface area contributed by atoms with Crippen LogP contribution in [0.15, 0.2) is 66.0 Å². The van der Waals surface area contributed by atoms with E-state index in [-0.39, 0.29) is 37.2 Å². The van der Waals surface area contributed by atoms with Crippen molar-refractivity contribution in [2.75, 3.05) is 11.9 Å². The normalized spacial score (nSPS) is 10.3. The van der Waals surface area contributed by atoms with Gasteiger partial charge >= 0.3 is 0 Å². The van der Waals surface area contributed by atoms with Gasteiger partial charge in [-0.05, 0) is 41.3 Å². The van der Waals surface area contributed by atoms with Crippen molar-refractivity contribution in [3.8, 4) is 5.75 Å². The van der Waals surface area contributed by atoms with Gasteiger partial charge in [-0.15, -0.1) is 11.3 Å². The van der Waals surface area contributed by atoms with Crippen molar-refractivity contribution in [1.82, 2.24) is 5.32 Å². The molecule has 1 aromatic heterocycles. The first-order valence-electron chi connectivity index (χ1n) is 8.69. The summed E-state index contributed by atoms with van der Waals surface area (Å²) in [4.78, 5) is 24.5. The number of thiophene rings is 1. The van der Waals surface area contributed by atoms with Crippen LogP contribution in [-0.2, 0) is 11.4 Å². The number of amides is 2. The van der Waals surface area contributed by atoms with E-state index in [0.29, 0.717) is 16.3 Å². The maximum atomic E-state index is 13.2. The molecule has 1 heterocycles. The third-order valence-corrected chi connectivity index (χ3v) is 4.66. The fourth-order valence-electron chi connectivity index (χ4n) is 2.46. The number of nitrogens with one attached hydrogen (secondary N) is 2. The molecule has 2 N–H and O–H groups in total. The van der Waals surface area contributed by atoms with Crippen LogP contribution in [-0.4, -0.2) is 18.4 Å². The Morgan fingerprint density at radius 3 is 2.68 bits per heavy atom. The van der Waals surface area contributed by atoms with E-state index in [1.54, 1.807) is 48.5 Å². The van der Waals surface area contributed by atoms with Gasteiger partial charge in [0.25, 0.3) is 5.91 Å². The van der Waals surface area contributed by atoms with Crippen LogP contribution in [0.2, 0.25) is 0 Å². The Labute approximate surface area is 166 Å². The largest absolute Gasteiger partial charge is 0.489 e.